The van der Waals surface area contributed by atoms with E-state index in [2.05, 4.69) is 0 Å². The van der Waals surface area contributed by atoms with Crippen LogP contribution in [0, 0.1) is 6.92 Å². The molecule has 0 saturated carbocycles. The molecule has 30 heavy (non-hydrogen) atoms. The molecule has 1 aliphatic heterocycles. The van der Waals surface area contributed by atoms with Crippen LogP contribution in [0.25, 0.3) is 0 Å². The van der Waals surface area contributed by atoms with E-state index in [1.54, 1.807) is 0 Å². The Hall–Kier alpha value is -2.50. The molecule has 0 radical (unpaired) electrons. The molecule has 0 aliphatic carbocycles. The summed E-state index contributed by atoms with van der Waals surface area (Å²) in [4.78, 5) is 14.0. The van der Waals surface area contributed by atoms with Crippen molar-refractivity contribution in [2.24, 2.45) is 0 Å². The molecule has 0 aromatic heterocycles. The topological polar surface area (TPSA) is 29.5 Å². The molecule has 1 unspecified atom stereocenters. The van der Waals surface area contributed by atoms with E-state index in [0.29, 0.717) is 30.9 Å². The summed E-state index contributed by atoms with van der Waals surface area (Å²) in [7, 11) is 0. The Morgan fingerprint density at radius 2 is 1.90 bits per heavy atom. The first-order valence-corrected chi connectivity index (χ1v) is 10.4. The van der Waals surface area contributed by atoms with E-state index in [-0.39, 0.29) is 17.8 Å². The second kappa shape index (κ2) is 9.11. The quantitative estimate of drug-likeness (QED) is 0.540. The van der Waals surface area contributed by atoms with Crippen molar-refractivity contribution in [3.05, 3.63) is 59.2 Å². The predicted molar refractivity (Wildman–Crippen MR) is 112 cm³/mol. The average Bonchev–Trinajstić information content (AvgIpc) is 3.16. The molecule has 1 heterocycles. The van der Waals surface area contributed by atoms with Crippen molar-refractivity contribution in [3.63, 3.8) is 0 Å². The van der Waals surface area contributed by atoms with Crippen LogP contribution >= 0.6 is 0 Å². The number of carbonyl (C=O) groups excluding carboxylic acids is 1. The lowest BCUT2D eigenvalue weighted by atomic mass is 9.94. The van der Waals surface area contributed by atoms with Crippen molar-refractivity contribution in [2.75, 3.05) is 18.0 Å². The van der Waals surface area contributed by atoms with Gasteiger partial charge in [-0.15, -0.1) is 0 Å². The van der Waals surface area contributed by atoms with Gasteiger partial charge in [0.05, 0.1) is 12.1 Å². The minimum atomic E-state index is -4.35. The first-order valence-electron chi connectivity index (χ1n) is 10.4. The van der Waals surface area contributed by atoms with Gasteiger partial charge in [-0.25, -0.2) is 0 Å². The highest BCUT2D eigenvalue weighted by molar-refractivity contribution is 5.85. The highest BCUT2D eigenvalue weighted by Gasteiger charge is 2.32. The van der Waals surface area contributed by atoms with Crippen molar-refractivity contribution < 1.29 is 22.7 Å². The molecular weight excluding hydrogens is 391 g/mol. The SMILES string of the molecule is CCCC(=O)C(C)c1ccc(O[C@@H]2CCN(c3cc(C(F)(F)F)ccc3C)C2)cc1. The number of ketones is 1. The summed E-state index contributed by atoms with van der Waals surface area (Å²) in [5, 5.41) is 0. The monoisotopic (exact) mass is 419 g/mol. The first kappa shape index (κ1) is 22.2. The second-order valence-corrected chi connectivity index (χ2v) is 7.98. The Balaban J connectivity index is 1.64. The van der Waals surface area contributed by atoms with E-state index in [1.165, 1.54) is 12.1 Å². The molecule has 2 aromatic rings. The van der Waals surface area contributed by atoms with Crippen molar-refractivity contribution in [1.82, 2.24) is 0 Å². The number of Topliss-reactive ketones (excluding diaryl/α,β-unsaturated/α-hetero) is 1. The molecule has 0 bridgehead atoms. The van der Waals surface area contributed by atoms with Gasteiger partial charge in [-0.1, -0.05) is 32.0 Å². The zero-order valence-corrected chi connectivity index (χ0v) is 17.6. The third kappa shape index (κ3) is 5.15. The fourth-order valence-corrected chi connectivity index (χ4v) is 3.85. The normalized spacial score (nSPS) is 17.8. The lowest BCUT2D eigenvalue weighted by molar-refractivity contribution is -0.137. The Morgan fingerprint density at radius 3 is 2.53 bits per heavy atom. The zero-order chi connectivity index (χ0) is 21.9. The molecule has 0 amide bonds. The fourth-order valence-electron chi connectivity index (χ4n) is 3.85. The molecule has 162 valence electrons. The van der Waals surface area contributed by atoms with Crippen LogP contribution in [0.2, 0.25) is 0 Å². The number of hydrogen-bond donors (Lipinski definition) is 0. The van der Waals surface area contributed by atoms with E-state index in [1.807, 2.05) is 49.9 Å². The van der Waals surface area contributed by atoms with Gasteiger partial charge in [0.2, 0.25) is 0 Å². The third-order valence-corrected chi connectivity index (χ3v) is 5.68. The summed E-state index contributed by atoms with van der Waals surface area (Å²) in [5.74, 6) is 0.806. The van der Waals surface area contributed by atoms with Gasteiger partial charge in [-0.05, 0) is 48.7 Å². The maximum Gasteiger partial charge on any atom is 0.416 e. The number of nitrogens with zero attached hydrogens (tertiary/aromatic N) is 1. The van der Waals surface area contributed by atoms with E-state index >= 15 is 0 Å². The number of carbonyl (C=O) groups is 1. The Morgan fingerprint density at radius 1 is 1.20 bits per heavy atom. The number of aryl methyl sites for hydroxylation is 1. The molecule has 2 atom stereocenters. The molecule has 3 rings (SSSR count). The van der Waals surface area contributed by atoms with Gasteiger partial charge in [-0.3, -0.25) is 4.79 Å². The number of alkyl halides is 3. The molecule has 2 aromatic carbocycles. The smallest absolute Gasteiger partial charge is 0.416 e. The number of anilines is 1. The second-order valence-electron chi connectivity index (χ2n) is 7.98. The summed E-state index contributed by atoms with van der Waals surface area (Å²) in [5.41, 5.74) is 1.76. The van der Waals surface area contributed by atoms with Crippen molar-refractivity contribution in [3.8, 4) is 5.75 Å². The van der Waals surface area contributed by atoms with Crippen LogP contribution in [0.15, 0.2) is 42.5 Å². The largest absolute Gasteiger partial charge is 0.489 e. The maximum atomic E-state index is 13.1. The Labute approximate surface area is 175 Å². The summed E-state index contributed by atoms with van der Waals surface area (Å²) in [6.07, 6.45) is -2.29. The highest BCUT2D eigenvalue weighted by Crippen LogP contribution is 2.35. The molecule has 3 nitrogen and oxygen atoms in total. The molecule has 1 aliphatic rings. The molecule has 1 saturated heterocycles. The van der Waals surface area contributed by atoms with Crippen molar-refractivity contribution in [2.45, 2.75) is 58.2 Å². The highest BCUT2D eigenvalue weighted by atomic mass is 19.4. The maximum absolute atomic E-state index is 13.1. The Bertz CT molecular complexity index is 877. The number of hydrogen-bond acceptors (Lipinski definition) is 3. The van der Waals surface area contributed by atoms with Gasteiger partial charge >= 0.3 is 6.18 Å². The molecule has 0 N–H and O–H groups in total. The van der Waals surface area contributed by atoms with Crippen LogP contribution in [0.1, 0.15) is 55.7 Å². The lowest BCUT2D eigenvalue weighted by Gasteiger charge is -2.22. The van der Waals surface area contributed by atoms with Crippen molar-refractivity contribution >= 4 is 11.5 Å². The lowest BCUT2D eigenvalue weighted by Crippen LogP contribution is -2.25. The van der Waals surface area contributed by atoms with Gasteiger partial charge in [0.1, 0.15) is 17.6 Å². The van der Waals surface area contributed by atoms with Crippen LogP contribution in [-0.2, 0) is 11.0 Å². The van der Waals surface area contributed by atoms with Crippen LogP contribution in [0.4, 0.5) is 18.9 Å². The van der Waals surface area contributed by atoms with Crippen LogP contribution < -0.4 is 9.64 Å². The minimum Gasteiger partial charge on any atom is -0.489 e. The van der Waals surface area contributed by atoms with E-state index in [0.717, 1.165) is 30.0 Å². The van der Waals surface area contributed by atoms with E-state index in [4.69, 9.17) is 4.74 Å². The summed E-state index contributed by atoms with van der Waals surface area (Å²) in [6.45, 7) is 6.92. The Kier molecular flexibility index (Phi) is 6.74. The van der Waals surface area contributed by atoms with Gasteiger partial charge in [-0.2, -0.15) is 13.2 Å². The zero-order valence-electron chi connectivity index (χ0n) is 17.6. The van der Waals surface area contributed by atoms with Crippen LogP contribution in [-0.4, -0.2) is 25.0 Å². The average molecular weight is 419 g/mol. The van der Waals surface area contributed by atoms with Crippen LogP contribution in [0.3, 0.4) is 0 Å². The van der Waals surface area contributed by atoms with Gasteiger partial charge in [0, 0.05) is 31.0 Å². The standard InChI is InChI=1S/C24H28F3NO2/c1-4-5-23(29)17(3)18-7-10-20(11-8-18)30-21-12-13-28(15-21)22-14-19(24(25,26)27)9-6-16(22)2/h6-11,14,17,21H,4-5,12-13,15H2,1-3H3/t17?,21-/m1/s1. The van der Waals surface area contributed by atoms with Crippen LogP contribution in [0.5, 0.6) is 5.75 Å². The number of rotatable bonds is 7. The predicted octanol–water partition coefficient (Wildman–Crippen LogP) is 6.14. The first-order chi connectivity index (χ1) is 14.2. The summed E-state index contributed by atoms with van der Waals surface area (Å²) < 4.78 is 45.3. The molecular formula is C24H28F3NO2. The fraction of sp³-hybridized carbons (Fsp3) is 0.458. The number of ether oxygens (including phenoxy) is 1. The molecule has 1 fully saturated rings. The van der Waals surface area contributed by atoms with Gasteiger partial charge in [0.25, 0.3) is 0 Å². The molecule has 6 heteroatoms. The van der Waals surface area contributed by atoms with E-state index in [9.17, 15) is 18.0 Å². The minimum absolute atomic E-state index is 0.0936. The van der Waals surface area contributed by atoms with Crippen molar-refractivity contribution in [1.29, 1.82) is 0 Å². The number of benzene rings is 2. The summed E-state index contributed by atoms with van der Waals surface area (Å²) >= 11 is 0. The number of halogens is 3. The van der Waals surface area contributed by atoms with Gasteiger partial charge in [0.15, 0.2) is 0 Å². The summed E-state index contributed by atoms with van der Waals surface area (Å²) in [6, 6.07) is 11.4. The van der Waals surface area contributed by atoms with E-state index < -0.39 is 11.7 Å². The van der Waals surface area contributed by atoms with Gasteiger partial charge < -0.3 is 9.64 Å². The third-order valence-electron chi connectivity index (χ3n) is 5.68. The molecule has 0 spiro atoms.